The van der Waals surface area contributed by atoms with Crippen molar-refractivity contribution in [3.8, 4) is 0 Å². The molecule has 23 heavy (non-hydrogen) atoms. The molecule has 0 spiro atoms. The van der Waals surface area contributed by atoms with Gasteiger partial charge in [0.1, 0.15) is 18.2 Å². The summed E-state index contributed by atoms with van der Waals surface area (Å²) in [6.07, 6.45) is -0.813. The smallest absolute Gasteiger partial charge is 0.378 e. The molecule has 1 saturated carbocycles. The standard InChI is InChI=1S/C14H19F3N4O2/c1-23-7-10-6-11(19-8-18-10)20-13(22)21-12(14(15,16)17)9-4-2-3-5-9/h6,8-9,12H,2-5,7H2,1H3,(H2,18,19,20,21,22)/t12-/m0/s1. The molecule has 0 saturated heterocycles. The topological polar surface area (TPSA) is 76.1 Å². The molecule has 2 amide bonds. The first-order chi connectivity index (χ1) is 10.9. The fraction of sp³-hybridized carbons (Fsp3) is 0.643. The van der Waals surface area contributed by atoms with E-state index in [9.17, 15) is 18.0 Å². The van der Waals surface area contributed by atoms with Crippen LogP contribution in [0.5, 0.6) is 0 Å². The predicted octanol–water partition coefficient (Wildman–Crippen LogP) is 2.87. The SMILES string of the molecule is COCc1cc(NC(=O)N[C@@H](C2CCCC2)C(F)(F)F)ncn1. The van der Waals surface area contributed by atoms with Crippen LogP contribution in [0.3, 0.4) is 0 Å². The highest BCUT2D eigenvalue weighted by molar-refractivity contribution is 5.88. The molecule has 1 aromatic heterocycles. The molecule has 2 rings (SSSR count). The maximum atomic E-state index is 13.2. The first-order valence-electron chi connectivity index (χ1n) is 7.34. The third kappa shape index (κ3) is 5.05. The van der Waals surface area contributed by atoms with Gasteiger partial charge < -0.3 is 10.1 Å². The van der Waals surface area contributed by atoms with E-state index in [0.29, 0.717) is 18.5 Å². The zero-order valence-corrected chi connectivity index (χ0v) is 12.7. The number of anilines is 1. The molecule has 0 radical (unpaired) electrons. The van der Waals surface area contributed by atoms with Gasteiger partial charge in [0.25, 0.3) is 0 Å². The van der Waals surface area contributed by atoms with Crippen molar-refractivity contribution in [2.45, 2.75) is 44.5 Å². The van der Waals surface area contributed by atoms with Crippen LogP contribution in [-0.2, 0) is 11.3 Å². The normalized spacial score (nSPS) is 17.0. The molecule has 9 heteroatoms. The lowest BCUT2D eigenvalue weighted by molar-refractivity contribution is -0.164. The minimum atomic E-state index is -4.47. The highest BCUT2D eigenvalue weighted by Gasteiger charge is 2.46. The number of nitrogens with one attached hydrogen (secondary N) is 2. The Morgan fingerprint density at radius 2 is 2.09 bits per heavy atom. The first kappa shape index (κ1) is 17.5. The van der Waals surface area contributed by atoms with E-state index in [4.69, 9.17) is 4.74 Å². The van der Waals surface area contributed by atoms with Crippen molar-refractivity contribution in [2.75, 3.05) is 12.4 Å². The molecular formula is C14H19F3N4O2. The summed E-state index contributed by atoms with van der Waals surface area (Å²) in [6, 6.07) is -1.33. The number of hydrogen-bond acceptors (Lipinski definition) is 4. The molecule has 1 aliphatic rings. The highest BCUT2D eigenvalue weighted by atomic mass is 19.4. The van der Waals surface area contributed by atoms with Crippen molar-refractivity contribution >= 4 is 11.8 Å². The molecule has 2 N–H and O–H groups in total. The van der Waals surface area contributed by atoms with Crippen LogP contribution in [0.2, 0.25) is 0 Å². The summed E-state index contributed by atoms with van der Waals surface area (Å²) in [5.74, 6) is -0.452. The zero-order chi connectivity index (χ0) is 16.9. The summed E-state index contributed by atoms with van der Waals surface area (Å²) >= 11 is 0. The van der Waals surface area contributed by atoms with Crippen LogP contribution in [0.4, 0.5) is 23.8 Å². The van der Waals surface area contributed by atoms with Crippen LogP contribution in [0.1, 0.15) is 31.4 Å². The molecule has 1 fully saturated rings. The molecule has 0 bridgehead atoms. The fourth-order valence-electron chi connectivity index (χ4n) is 2.74. The number of rotatable bonds is 5. The maximum absolute atomic E-state index is 13.2. The molecule has 0 aliphatic heterocycles. The van der Waals surface area contributed by atoms with Gasteiger partial charge in [-0.25, -0.2) is 14.8 Å². The van der Waals surface area contributed by atoms with E-state index >= 15 is 0 Å². The van der Waals surface area contributed by atoms with E-state index in [-0.39, 0.29) is 12.4 Å². The fourth-order valence-corrected chi connectivity index (χ4v) is 2.74. The number of ether oxygens (including phenoxy) is 1. The molecule has 0 aromatic carbocycles. The Morgan fingerprint density at radius 1 is 1.39 bits per heavy atom. The van der Waals surface area contributed by atoms with E-state index < -0.39 is 24.2 Å². The molecule has 1 aliphatic carbocycles. The van der Waals surface area contributed by atoms with Gasteiger partial charge in [-0.3, -0.25) is 5.32 Å². The van der Waals surface area contributed by atoms with Gasteiger partial charge in [-0.1, -0.05) is 12.8 Å². The predicted molar refractivity (Wildman–Crippen MR) is 76.7 cm³/mol. The monoisotopic (exact) mass is 332 g/mol. The summed E-state index contributed by atoms with van der Waals surface area (Å²) in [5.41, 5.74) is 0.515. The summed E-state index contributed by atoms with van der Waals surface area (Å²) < 4.78 is 44.3. The van der Waals surface area contributed by atoms with E-state index in [2.05, 4.69) is 15.3 Å². The van der Waals surface area contributed by atoms with Crippen LogP contribution in [-0.4, -0.2) is 35.3 Å². The minimum Gasteiger partial charge on any atom is -0.378 e. The van der Waals surface area contributed by atoms with Crippen LogP contribution < -0.4 is 10.6 Å². The number of halogens is 3. The Balaban J connectivity index is 2.00. The zero-order valence-electron chi connectivity index (χ0n) is 12.7. The number of carbonyl (C=O) groups excluding carboxylic acids is 1. The van der Waals surface area contributed by atoms with Gasteiger partial charge in [0.2, 0.25) is 0 Å². The van der Waals surface area contributed by atoms with Gasteiger partial charge in [0.15, 0.2) is 0 Å². The van der Waals surface area contributed by atoms with E-state index in [1.165, 1.54) is 19.5 Å². The van der Waals surface area contributed by atoms with E-state index in [0.717, 1.165) is 12.8 Å². The number of carbonyl (C=O) groups is 1. The molecule has 1 atom stereocenters. The van der Waals surface area contributed by atoms with Crippen molar-refractivity contribution in [1.82, 2.24) is 15.3 Å². The number of hydrogen-bond donors (Lipinski definition) is 2. The van der Waals surface area contributed by atoms with Crippen molar-refractivity contribution in [1.29, 1.82) is 0 Å². The number of methoxy groups -OCH3 is 1. The second-order valence-corrected chi connectivity index (χ2v) is 5.49. The molecule has 6 nitrogen and oxygen atoms in total. The lowest BCUT2D eigenvalue weighted by Crippen LogP contribution is -2.50. The van der Waals surface area contributed by atoms with Gasteiger partial charge >= 0.3 is 12.2 Å². The van der Waals surface area contributed by atoms with Crippen LogP contribution in [0, 0.1) is 5.92 Å². The third-order valence-electron chi connectivity index (χ3n) is 3.77. The van der Waals surface area contributed by atoms with Gasteiger partial charge in [0.05, 0.1) is 12.3 Å². The summed E-state index contributed by atoms with van der Waals surface area (Å²) in [6.45, 7) is 0.214. The lowest BCUT2D eigenvalue weighted by atomic mass is 9.98. The van der Waals surface area contributed by atoms with Crippen molar-refractivity contribution in [3.63, 3.8) is 0 Å². The maximum Gasteiger partial charge on any atom is 0.408 e. The number of urea groups is 1. The highest BCUT2D eigenvalue weighted by Crippen LogP contribution is 2.35. The average Bonchev–Trinajstić information content (AvgIpc) is 2.98. The molecular weight excluding hydrogens is 313 g/mol. The van der Waals surface area contributed by atoms with Gasteiger partial charge in [-0.05, 0) is 18.8 Å². The van der Waals surface area contributed by atoms with Crippen molar-refractivity contribution in [3.05, 3.63) is 18.1 Å². The Hall–Kier alpha value is -1.90. The Kier molecular flexibility index (Phi) is 5.75. The molecule has 128 valence electrons. The third-order valence-corrected chi connectivity index (χ3v) is 3.77. The largest absolute Gasteiger partial charge is 0.408 e. The minimum absolute atomic E-state index is 0.122. The second kappa shape index (κ2) is 7.58. The van der Waals surface area contributed by atoms with Crippen LogP contribution >= 0.6 is 0 Å². The summed E-state index contributed by atoms with van der Waals surface area (Å²) in [4.78, 5) is 19.6. The summed E-state index contributed by atoms with van der Waals surface area (Å²) in [7, 11) is 1.48. The Labute approximate surface area is 131 Å². The average molecular weight is 332 g/mol. The molecule has 1 heterocycles. The number of alkyl halides is 3. The number of aromatic nitrogens is 2. The van der Waals surface area contributed by atoms with Gasteiger partial charge in [-0.2, -0.15) is 13.2 Å². The Morgan fingerprint density at radius 3 is 2.70 bits per heavy atom. The van der Waals surface area contributed by atoms with Gasteiger partial charge in [-0.15, -0.1) is 0 Å². The quantitative estimate of drug-likeness (QED) is 0.869. The van der Waals surface area contributed by atoms with E-state index in [1.54, 1.807) is 0 Å². The van der Waals surface area contributed by atoms with Crippen LogP contribution in [0.25, 0.3) is 0 Å². The lowest BCUT2D eigenvalue weighted by Gasteiger charge is -2.26. The van der Waals surface area contributed by atoms with Crippen molar-refractivity contribution < 1.29 is 22.7 Å². The molecule has 0 unspecified atom stereocenters. The van der Waals surface area contributed by atoms with E-state index in [1.807, 2.05) is 5.32 Å². The van der Waals surface area contributed by atoms with Crippen molar-refractivity contribution in [2.24, 2.45) is 5.92 Å². The second-order valence-electron chi connectivity index (χ2n) is 5.49. The number of amides is 2. The Bertz CT molecular complexity index is 533. The van der Waals surface area contributed by atoms with Crippen LogP contribution in [0.15, 0.2) is 12.4 Å². The molecule has 1 aromatic rings. The first-order valence-corrected chi connectivity index (χ1v) is 7.34. The summed E-state index contributed by atoms with van der Waals surface area (Å²) in [5, 5.41) is 4.34. The van der Waals surface area contributed by atoms with Gasteiger partial charge in [0, 0.05) is 13.2 Å². The number of nitrogens with zero attached hydrogens (tertiary/aromatic N) is 2.